The Hall–Kier alpha value is -3.40. The van der Waals surface area contributed by atoms with Gasteiger partial charge in [0.1, 0.15) is 11.9 Å². The summed E-state index contributed by atoms with van der Waals surface area (Å²) in [7, 11) is 0. The van der Waals surface area contributed by atoms with Crippen molar-refractivity contribution in [1.29, 1.82) is 5.26 Å². The molecular formula is C22H25N5O2. The first-order valence-electron chi connectivity index (χ1n) is 9.73. The zero-order chi connectivity index (χ0) is 21.1. The van der Waals surface area contributed by atoms with Crippen molar-refractivity contribution in [3.05, 3.63) is 53.2 Å². The second kappa shape index (κ2) is 8.31. The predicted molar refractivity (Wildman–Crippen MR) is 111 cm³/mol. The van der Waals surface area contributed by atoms with Gasteiger partial charge >= 0.3 is 0 Å². The minimum absolute atomic E-state index is 0.0322. The molecule has 0 unspecified atom stereocenters. The van der Waals surface area contributed by atoms with E-state index in [9.17, 15) is 9.59 Å². The van der Waals surface area contributed by atoms with E-state index in [0.717, 1.165) is 24.1 Å². The van der Waals surface area contributed by atoms with Crippen LogP contribution in [0.2, 0.25) is 0 Å². The van der Waals surface area contributed by atoms with Crippen molar-refractivity contribution in [2.75, 3.05) is 10.2 Å². The predicted octanol–water partition coefficient (Wildman–Crippen LogP) is 3.38. The Morgan fingerprint density at radius 1 is 1.31 bits per heavy atom. The van der Waals surface area contributed by atoms with E-state index in [1.54, 1.807) is 42.2 Å². The fourth-order valence-electron chi connectivity index (χ4n) is 4.18. The molecule has 0 aliphatic carbocycles. The van der Waals surface area contributed by atoms with Gasteiger partial charge in [-0.15, -0.1) is 0 Å². The lowest BCUT2D eigenvalue weighted by atomic mass is 9.78. The Kier molecular flexibility index (Phi) is 5.83. The van der Waals surface area contributed by atoms with E-state index < -0.39 is 5.91 Å². The number of anilines is 2. The Labute approximate surface area is 170 Å². The number of carbonyl (C=O) groups excluding carboxylic acids is 2. The van der Waals surface area contributed by atoms with E-state index >= 15 is 0 Å². The average Bonchev–Trinajstić information content (AvgIpc) is 2.70. The Balaban J connectivity index is 2.12. The second-order valence-corrected chi connectivity index (χ2v) is 7.39. The number of primary amides is 1. The van der Waals surface area contributed by atoms with Crippen LogP contribution >= 0.6 is 0 Å². The van der Waals surface area contributed by atoms with E-state index in [-0.39, 0.29) is 23.9 Å². The molecule has 29 heavy (non-hydrogen) atoms. The van der Waals surface area contributed by atoms with Crippen molar-refractivity contribution in [3.8, 4) is 6.07 Å². The lowest BCUT2D eigenvalue weighted by molar-refractivity contribution is -0.117. The molecule has 7 nitrogen and oxygen atoms in total. The van der Waals surface area contributed by atoms with E-state index in [1.807, 2.05) is 6.92 Å². The van der Waals surface area contributed by atoms with Crippen molar-refractivity contribution < 1.29 is 9.59 Å². The van der Waals surface area contributed by atoms with Gasteiger partial charge in [0.15, 0.2) is 0 Å². The average molecular weight is 391 g/mol. The molecule has 1 aliphatic rings. The first-order chi connectivity index (χ1) is 13.9. The van der Waals surface area contributed by atoms with Crippen molar-refractivity contribution in [3.63, 3.8) is 0 Å². The number of nitrogens with two attached hydrogens (primary N) is 1. The van der Waals surface area contributed by atoms with Gasteiger partial charge in [-0.25, -0.2) is 4.98 Å². The zero-order valence-electron chi connectivity index (χ0n) is 16.8. The van der Waals surface area contributed by atoms with E-state index in [4.69, 9.17) is 11.0 Å². The number of hydrogen-bond donors (Lipinski definition) is 2. The van der Waals surface area contributed by atoms with E-state index in [2.05, 4.69) is 23.3 Å². The van der Waals surface area contributed by atoms with E-state index in [0.29, 0.717) is 16.9 Å². The van der Waals surface area contributed by atoms with Gasteiger partial charge in [0, 0.05) is 36.3 Å². The summed E-state index contributed by atoms with van der Waals surface area (Å²) in [5, 5.41) is 12.5. The van der Waals surface area contributed by atoms with Crippen LogP contribution in [0.15, 0.2) is 36.5 Å². The normalized spacial score (nSPS) is 20.5. The smallest absolute Gasteiger partial charge is 0.248 e. The quantitative estimate of drug-likeness (QED) is 0.811. The van der Waals surface area contributed by atoms with Gasteiger partial charge < -0.3 is 16.0 Å². The lowest BCUT2D eigenvalue weighted by Crippen LogP contribution is -2.49. The van der Waals surface area contributed by atoms with Crippen LogP contribution in [-0.4, -0.2) is 22.8 Å². The minimum atomic E-state index is -0.511. The molecular weight excluding hydrogens is 366 g/mol. The van der Waals surface area contributed by atoms with Crippen LogP contribution in [0.3, 0.4) is 0 Å². The molecule has 0 saturated heterocycles. The van der Waals surface area contributed by atoms with Crippen LogP contribution in [0.4, 0.5) is 11.5 Å². The third kappa shape index (κ3) is 3.92. The highest BCUT2D eigenvalue weighted by molar-refractivity contribution is 5.97. The number of fused-ring (bicyclic) bond motifs is 1. The number of aromatic nitrogens is 1. The van der Waals surface area contributed by atoms with Crippen molar-refractivity contribution in [2.45, 2.75) is 45.7 Å². The first-order valence-corrected chi connectivity index (χ1v) is 9.73. The molecule has 0 spiro atoms. The van der Waals surface area contributed by atoms with Crippen LogP contribution in [0.5, 0.6) is 0 Å². The molecule has 2 amide bonds. The molecule has 150 valence electrons. The zero-order valence-corrected chi connectivity index (χ0v) is 16.8. The number of rotatable bonds is 5. The summed E-state index contributed by atoms with van der Waals surface area (Å²) in [6, 6.07) is 10.6. The fraction of sp³-hybridized carbons (Fsp3) is 0.364. The maximum absolute atomic E-state index is 12.4. The number of nitriles is 1. The molecule has 0 fully saturated rings. The molecule has 1 aromatic carbocycles. The van der Waals surface area contributed by atoms with Gasteiger partial charge in [0.2, 0.25) is 11.8 Å². The van der Waals surface area contributed by atoms with Gasteiger partial charge in [0.05, 0.1) is 11.6 Å². The van der Waals surface area contributed by atoms with Crippen molar-refractivity contribution >= 4 is 23.3 Å². The van der Waals surface area contributed by atoms with Gasteiger partial charge in [0.25, 0.3) is 0 Å². The summed E-state index contributed by atoms with van der Waals surface area (Å²) in [5.41, 5.74) is 8.01. The molecule has 0 saturated carbocycles. The topological polar surface area (TPSA) is 112 Å². The highest BCUT2D eigenvalue weighted by Gasteiger charge is 2.40. The molecule has 7 heteroatoms. The molecule has 3 N–H and O–H groups in total. The van der Waals surface area contributed by atoms with Gasteiger partial charge in [-0.3, -0.25) is 9.59 Å². The molecule has 1 aliphatic heterocycles. The number of nitrogens with one attached hydrogen (secondary N) is 1. The molecule has 2 heterocycles. The molecule has 1 aromatic heterocycles. The molecule has 3 rings (SSSR count). The van der Waals surface area contributed by atoms with Gasteiger partial charge in [-0.2, -0.15) is 5.26 Å². The molecule has 0 radical (unpaired) electrons. The number of hydrogen-bond acceptors (Lipinski definition) is 5. The summed E-state index contributed by atoms with van der Waals surface area (Å²) < 4.78 is 0. The second-order valence-electron chi connectivity index (χ2n) is 7.39. The Morgan fingerprint density at radius 2 is 2.07 bits per heavy atom. The third-order valence-corrected chi connectivity index (χ3v) is 5.52. The maximum Gasteiger partial charge on any atom is 0.248 e. The monoisotopic (exact) mass is 391 g/mol. The van der Waals surface area contributed by atoms with Crippen LogP contribution in [0.1, 0.15) is 61.1 Å². The van der Waals surface area contributed by atoms with Crippen LogP contribution in [-0.2, 0) is 4.79 Å². The lowest BCUT2D eigenvalue weighted by Gasteiger charge is -2.45. The number of benzene rings is 1. The summed E-state index contributed by atoms with van der Waals surface area (Å²) >= 11 is 0. The number of amides is 2. The minimum Gasteiger partial charge on any atom is -0.366 e. The highest BCUT2D eigenvalue weighted by atomic mass is 16.2. The Bertz CT molecular complexity index is 964. The number of nitrogens with zero attached hydrogens (tertiary/aromatic N) is 3. The van der Waals surface area contributed by atoms with Crippen LogP contribution in [0.25, 0.3) is 0 Å². The summed E-state index contributed by atoms with van der Waals surface area (Å²) in [5.74, 6) is 0.190. The molecule has 3 atom stereocenters. The largest absolute Gasteiger partial charge is 0.366 e. The molecule has 2 aromatic rings. The summed E-state index contributed by atoms with van der Waals surface area (Å²) in [6.45, 7) is 5.71. The van der Waals surface area contributed by atoms with Crippen LogP contribution < -0.4 is 16.0 Å². The van der Waals surface area contributed by atoms with Crippen LogP contribution in [0, 0.1) is 17.2 Å². The highest BCUT2D eigenvalue weighted by Crippen LogP contribution is 2.44. The SMILES string of the molecule is CCC[C@@H]1[C@@H](Nc2ccc(C#N)cn2)c2cc(C(N)=O)ccc2N(C(C)=O)[C@H]1C. The first kappa shape index (κ1) is 20.3. The fourth-order valence-corrected chi connectivity index (χ4v) is 4.18. The summed E-state index contributed by atoms with van der Waals surface area (Å²) in [4.78, 5) is 30.4. The maximum atomic E-state index is 12.4. The van der Waals surface area contributed by atoms with Crippen molar-refractivity contribution in [2.24, 2.45) is 11.7 Å². The number of pyridine rings is 1. The van der Waals surface area contributed by atoms with Crippen molar-refractivity contribution in [1.82, 2.24) is 4.98 Å². The third-order valence-electron chi connectivity index (χ3n) is 5.52. The van der Waals surface area contributed by atoms with Gasteiger partial charge in [-0.05, 0) is 49.2 Å². The standard InChI is InChI=1S/C22H25N5O2/c1-4-5-17-13(2)27(14(3)28)19-8-7-16(22(24)29)10-18(19)21(17)26-20-9-6-15(11-23)12-25-20/h6-10,12-13,17,21H,4-5H2,1-3H3,(H2,24,29)(H,25,26)/t13-,17-,21+/m0/s1. The number of carbonyl (C=O) groups is 2. The Morgan fingerprint density at radius 3 is 2.62 bits per heavy atom. The van der Waals surface area contributed by atoms with E-state index in [1.165, 1.54) is 6.20 Å². The van der Waals surface area contributed by atoms with Gasteiger partial charge in [-0.1, -0.05) is 13.3 Å². The summed E-state index contributed by atoms with van der Waals surface area (Å²) in [6.07, 6.45) is 3.36. The molecule has 0 bridgehead atoms.